The molecule has 0 aliphatic heterocycles. The minimum absolute atomic E-state index is 0.0404. The normalized spacial score (nSPS) is 12.3. The number of halogens is 1. The molecule has 0 unspecified atom stereocenters. The van der Waals surface area contributed by atoms with Crippen LogP contribution in [0.15, 0.2) is 24.3 Å². The average molecular weight is 298 g/mol. The van der Waals surface area contributed by atoms with Crippen LogP contribution in [0.25, 0.3) is 0 Å². The van der Waals surface area contributed by atoms with Gasteiger partial charge in [0.2, 0.25) is 0 Å². The molecule has 20 heavy (non-hydrogen) atoms. The second-order valence-electron chi connectivity index (χ2n) is 5.05. The fourth-order valence-corrected chi connectivity index (χ4v) is 1.91. The van der Waals surface area contributed by atoms with Gasteiger partial charge in [0.05, 0.1) is 10.6 Å². The van der Waals surface area contributed by atoms with Crippen LogP contribution in [-0.2, 0) is 4.79 Å². The Labute approximate surface area is 124 Å². The molecule has 110 valence electrons. The van der Waals surface area contributed by atoms with Gasteiger partial charge in [0.1, 0.15) is 6.04 Å². The molecule has 0 aliphatic rings. The fourth-order valence-electron chi connectivity index (χ4n) is 1.69. The van der Waals surface area contributed by atoms with E-state index in [-0.39, 0.29) is 17.7 Å². The molecule has 0 aromatic heterocycles. The van der Waals surface area contributed by atoms with Crippen LogP contribution in [0.1, 0.15) is 24.2 Å². The molecule has 6 heteroatoms. The quantitative estimate of drug-likeness (QED) is 0.813. The summed E-state index contributed by atoms with van der Waals surface area (Å²) in [6.07, 6.45) is 0. The highest BCUT2D eigenvalue weighted by atomic mass is 35.5. The molecule has 0 saturated heterocycles. The number of nitrogens with zero attached hydrogens (tertiary/aromatic N) is 1. The van der Waals surface area contributed by atoms with E-state index in [1.54, 1.807) is 43.4 Å². The molecule has 0 spiro atoms. The Morgan fingerprint density at radius 3 is 2.30 bits per heavy atom. The molecule has 1 aromatic rings. The summed E-state index contributed by atoms with van der Waals surface area (Å²) in [7, 11) is 3.43. The van der Waals surface area contributed by atoms with E-state index in [1.807, 2.05) is 13.8 Å². The zero-order valence-corrected chi connectivity index (χ0v) is 12.9. The van der Waals surface area contributed by atoms with Crippen LogP contribution < -0.4 is 10.7 Å². The molecule has 1 aromatic carbocycles. The molecule has 0 fully saturated rings. The van der Waals surface area contributed by atoms with Crippen molar-refractivity contribution in [2.75, 3.05) is 14.1 Å². The van der Waals surface area contributed by atoms with E-state index in [4.69, 9.17) is 11.6 Å². The van der Waals surface area contributed by atoms with E-state index in [2.05, 4.69) is 10.7 Å². The second-order valence-corrected chi connectivity index (χ2v) is 5.45. The first-order valence-corrected chi connectivity index (χ1v) is 6.74. The first-order chi connectivity index (χ1) is 9.32. The summed E-state index contributed by atoms with van der Waals surface area (Å²) in [6, 6.07) is 6.11. The van der Waals surface area contributed by atoms with Crippen LogP contribution in [0.5, 0.6) is 0 Å². The van der Waals surface area contributed by atoms with E-state index >= 15 is 0 Å². The number of benzene rings is 1. The van der Waals surface area contributed by atoms with E-state index in [9.17, 15) is 9.59 Å². The van der Waals surface area contributed by atoms with Gasteiger partial charge in [-0.25, -0.2) is 5.01 Å². The van der Waals surface area contributed by atoms with Crippen molar-refractivity contribution in [2.24, 2.45) is 5.92 Å². The molecule has 1 atom stereocenters. The van der Waals surface area contributed by atoms with Crippen molar-refractivity contribution in [3.8, 4) is 0 Å². The van der Waals surface area contributed by atoms with Crippen LogP contribution >= 0.6 is 11.6 Å². The molecule has 0 aliphatic carbocycles. The largest absolute Gasteiger partial charge is 0.340 e. The van der Waals surface area contributed by atoms with Gasteiger partial charge >= 0.3 is 0 Å². The van der Waals surface area contributed by atoms with Gasteiger partial charge < -0.3 is 5.32 Å². The Kier molecular flexibility index (Phi) is 5.98. The predicted molar refractivity (Wildman–Crippen MR) is 79.4 cm³/mol. The number of hydrogen-bond donors (Lipinski definition) is 2. The van der Waals surface area contributed by atoms with E-state index < -0.39 is 6.04 Å². The van der Waals surface area contributed by atoms with E-state index in [1.165, 1.54) is 0 Å². The van der Waals surface area contributed by atoms with Gasteiger partial charge in [-0.3, -0.25) is 15.0 Å². The maximum Gasteiger partial charge on any atom is 0.257 e. The lowest BCUT2D eigenvalue weighted by Crippen LogP contribution is -2.52. The number of amides is 2. The SMILES string of the molecule is CC(C)[C@H](NC(=O)c1ccccc1Cl)C(=O)NN(C)C. The zero-order chi connectivity index (χ0) is 15.3. The molecule has 0 radical (unpaired) electrons. The first kappa shape index (κ1) is 16.5. The molecular formula is C14H20ClN3O2. The molecule has 0 heterocycles. The summed E-state index contributed by atoms with van der Waals surface area (Å²) in [6.45, 7) is 3.74. The summed E-state index contributed by atoms with van der Waals surface area (Å²) < 4.78 is 0. The summed E-state index contributed by atoms with van der Waals surface area (Å²) in [5, 5.41) is 4.62. The molecule has 2 N–H and O–H groups in total. The Morgan fingerprint density at radius 1 is 1.20 bits per heavy atom. The Morgan fingerprint density at radius 2 is 1.80 bits per heavy atom. The topological polar surface area (TPSA) is 61.4 Å². The highest BCUT2D eigenvalue weighted by Gasteiger charge is 2.25. The van der Waals surface area contributed by atoms with Gasteiger partial charge in [-0.2, -0.15) is 0 Å². The van der Waals surface area contributed by atoms with Crippen molar-refractivity contribution in [1.82, 2.24) is 15.8 Å². The Balaban J connectivity index is 2.84. The number of nitrogens with one attached hydrogen (secondary N) is 2. The van der Waals surface area contributed by atoms with E-state index in [0.29, 0.717) is 10.6 Å². The van der Waals surface area contributed by atoms with Crippen molar-refractivity contribution in [2.45, 2.75) is 19.9 Å². The van der Waals surface area contributed by atoms with Crippen LogP contribution in [0, 0.1) is 5.92 Å². The maximum atomic E-state index is 12.2. The number of hydrogen-bond acceptors (Lipinski definition) is 3. The minimum Gasteiger partial charge on any atom is -0.340 e. The van der Waals surface area contributed by atoms with Gasteiger partial charge in [0.25, 0.3) is 11.8 Å². The lowest BCUT2D eigenvalue weighted by atomic mass is 10.0. The summed E-state index contributed by atoms with van der Waals surface area (Å²) in [5.74, 6) is -0.657. The van der Waals surface area contributed by atoms with Crippen molar-refractivity contribution >= 4 is 23.4 Å². The molecule has 1 rings (SSSR count). The highest BCUT2D eigenvalue weighted by molar-refractivity contribution is 6.33. The molecule has 0 saturated carbocycles. The summed E-state index contributed by atoms with van der Waals surface area (Å²) >= 11 is 5.98. The van der Waals surface area contributed by atoms with Crippen molar-refractivity contribution < 1.29 is 9.59 Å². The van der Waals surface area contributed by atoms with Crippen molar-refractivity contribution in [1.29, 1.82) is 0 Å². The zero-order valence-electron chi connectivity index (χ0n) is 12.1. The molecule has 0 bridgehead atoms. The van der Waals surface area contributed by atoms with Crippen molar-refractivity contribution in [3.05, 3.63) is 34.9 Å². The average Bonchev–Trinajstić information content (AvgIpc) is 2.34. The smallest absolute Gasteiger partial charge is 0.257 e. The maximum absolute atomic E-state index is 12.2. The molecule has 5 nitrogen and oxygen atoms in total. The fraction of sp³-hybridized carbons (Fsp3) is 0.429. The lowest BCUT2D eigenvalue weighted by Gasteiger charge is -2.23. The summed E-state index contributed by atoms with van der Waals surface area (Å²) in [5.41, 5.74) is 3.00. The minimum atomic E-state index is -0.624. The predicted octanol–water partition coefficient (Wildman–Crippen LogP) is 1.69. The van der Waals surface area contributed by atoms with Gasteiger partial charge in [-0.1, -0.05) is 37.6 Å². The Bertz CT molecular complexity index is 489. The van der Waals surface area contributed by atoms with Gasteiger partial charge in [0.15, 0.2) is 0 Å². The van der Waals surface area contributed by atoms with Crippen LogP contribution in [0.4, 0.5) is 0 Å². The monoisotopic (exact) mass is 297 g/mol. The number of hydrazine groups is 1. The second kappa shape index (κ2) is 7.26. The highest BCUT2D eigenvalue weighted by Crippen LogP contribution is 2.15. The van der Waals surface area contributed by atoms with Crippen molar-refractivity contribution in [3.63, 3.8) is 0 Å². The van der Waals surface area contributed by atoms with Gasteiger partial charge in [0, 0.05) is 14.1 Å². The first-order valence-electron chi connectivity index (χ1n) is 6.36. The third-order valence-corrected chi connectivity index (χ3v) is 3.02. The number of carbonyl (C=O) groups excluding carboxylic acids is 2. The third kappa shape index (κ3) is 4.51. The molecule has 2 amide bonds. The number of carbonyl (C=O) groups is 2. The number of rotatable bonds is 5. The molecular weight excluding hydrogens is 278 g/mol. The van der Waals surface area contributed by atoms with Gasteiger partial charge in [-0.05, 0) is 18.1 Å². The van der Waals surface area contributed by atoms with Crippen LogP contribution in [0.3, 0.4) is 0 Å². The van der Waals surface area contributed by atoms with Crippen LogP contribution in [-0.4, -0.2) is 37.0 Å². The van der Waals surface area contributed by atoms with Gasteiger partial charge in [-0.15, -0.1) is 0 Å². The third-order valence-electron chi connectivity index (χ3n) is 2.69. The summed E-state index contributed by atoms with van der Waals surface area (Å²) in [4.78, 5) is 24.2. The lowest BCUT2D eigenvalue weighted by molar-refractivity contribution is -0.127. The van der Waals surface area contributed by atoms with E-state index in [0.717, 1.165) is 0 Å². The van der Waals surface area contributed by atoms with Crippen LogP contribution in [0.2, 0.25) is 5.02 Å². The standard InChI is InChI=1S/C14H20ClN3O2/c1-9(2)12(14(20)17-18(3)4)16-13(19)10-7-5-6-8-11(10)15/h5-9,12H,1-4H3,(H,16,19)(H,17,20)/t12-/m0/s1. The Hall–Kier alpha value is -1.59.